The van der Waals surface area contributed by atoms with Gasteiger partial charge in [0, 0.05) is 6.54 Å². The van der Waals surface area contributed by atoms with Crippen molar-refractivity contribution in [2.75, 3.05) is 13.1 Å². The highest BCUT2D eigenvalue weighted by atomic mass is 16.4. The second-order valence-electron chi connectivity index (χ2n) is 5.87. The lowest BCUT2D eigenvalue weighted by Crippen LogP contribution is -2.61. The molecule has 5 nitrogen and oxygen atoms in total. The molecule has 0 aromatic carbocycles. The Balaban J connectivity index is 2.22. The Morgan fingerprint density at radius 3 is 2.68 bits per heavy atom. The molecule has 3 atom stereocenters. The molecule has 2 aliphatic rings. The monoisotopic (exact) mass is 268 g/mol. The van der Waals surface area contributed by atoms with Gasteiger partial charge in [-0.25, -0.2) is 4.79 Å². The lowest BCUT2D eigenvalue weighted by atomic mass is 9.86. The van der Waals surface area contributed by atoms with Gasteiger partial charge in [0.2, 0.25) is 5.91 Å². The van der Waals surface area contributed by atoms with Gasteiger partial charge in [0.05, 0.1) is 5.54 Å². The second-order valence-corrected chi connectivity index (χ2v) is 5.87. The van der Waals surface area contributed by atoms with E-state index < -0.39 is 17.6 Å². The molecule has 108 valence electrons. The van der Waals surface area contributed by atoms with Crippen LogP contribution in [0.1, 0.15) is 46.0 Å². The summed E-state index contributed by atoms with van der Waals surface area (Å²) in [5.41, 5.74) is -0.523. The van der Waals surface area contributed by atoms with E-state index in [0.29, 0.717) is 6.54 Å². The number of carboxylic acids is 1. The molecule has 2 aliphatic heterocycles. The number of amides is 1. The van der Waals surface area contributed by atoms with E-state index in [1.807, 2.05) is 13.8 Å². The summed E-state index contributed by atoms with van der Waals surface area (Å²) < 4.78 is 0. The first-order valence-corrected chi connectivity index (χ1v) is 7.31. The van der Waals surface area contributed by atoms with Crippen LogP contribution in [-0.2, 0) is 9.59 Å². The summed E-state index contributed by atoms with van der Waals surface area (Å²) in [4.78, 5) is 25.9. The van der Waals surface area contributed by atoms with Gasteiger partial charge in [-0.1, -0.05) is 13.8 Å². The summed E-state index contributed by atoms with van der Waals surface area (Å²) in [7, 11) is 0. The fourth-order valence-electron chi connectivity index (χ4n) is 3.51. The van der Waals surface area contributed by atoms with Crippen molar-refractivity contribution >= 4 is 11.9 Å². The van der Waals surface area contributed by atoms with Gasteiger partial charge < -0.3 is 15.3 Å². The summed E-state index contributed by atoms with van der Waals surface area (Å²) in [6.45, 7) is 5.35. The first-order valence-electron chi connectivity index (χ1n) is 7.31. The molecule has 0 aromatic rings. The molecule has 2 fully saturated rings. The number of piperidine rings is 1. The molecular weight excluding hydrogens is 244 g/mol. The first-order chi connectivity index (χ1) is 9.02. The average Bonchev–Trinajstić information content (AvgIpc) is 2.87. The Morgan fingerprint density at radius 1 is 1.42 bits per heavy atom. The molecule has 19 heavy (non-hydrogen) atoms. The molecule has 0 aromatic heterocycles. The van der Waals surface area contributed by atoms with E-state index in [4.69, 9.17) is 0 Å². The SMILES string of the molecule is CCC1(C(=O)N2CCCC(C)C2C(=O)O)CCCN1. The maximum Gasteiger partial charge on any atom is 0.326 e. The summed E-state index contributed by atoms with van der Waals surface area (Å²) in [6, 6.07) is -0.660. The number of nitrogens with one attached hydrogen (secondary N) is 1. The standard InChI is InChI=1S/C14H24N2O3/c1-3-14(7-5-8-15-14)13(19)16-9-4-6-10(2)11(16)12(17)18/h10-11,15H,3-9H2,1-2H3,(H,17,18). The molecule has 0 radical (unpaired) electrons. The minimum absolute atomic E-state index is 0.00792. The van der Waals surface area contributed by atoms with Crippen LogP contribution in [0.2, 0.25) is 0 Å². The largest absolute Gasteiger partial charge is 0.480 e. The van der Waals surface area contributed by atoms with E-state index in [-0.39, 0.29) is 11.8 Å². The maximum atomic E-state index is 12.8. The quantitative estimate of drug-likeness (QED) is 0.807. The Labute approximate surface area is 114 Å². The van der Waals surface area contributed by atoms with Gasteiger partial charge in [-0.3, -0.25) is 4.79 Å². The summed E-state index contributed by atoms with van der Waals surface area (Å²) in [6.07, 6.45) is 4.31. The minimum atomic E-state index is -0.871. The zero-order valence-electron chi connectivity index (χ0n) is 11.8. The van der Waals surface area contributed by atoms with Crippen LogP contribution in [0.25, 0.3) is 0 Å². The number of carbonyl (C=O) groups is 2. The highest BCUT2D eigenvalue weighted by Gasteiger charge is 2.46. The van der Waals surface area contributed by atoms with Crippen molar-refractivity contribution < 1.29 is 14.7 Å². The molecular formula is C14H24N2O3. The van der Waals surface area contributed by atoms with Crippen molar-refractivity contribution in [3.8, 4) is 0 Å². The number of carboxylic acid groups (broad SMARTS) is 1. The average molecular weight is 268 g/mol. The summed E-state index contributed by atoms with van der Waals surface area (Å²) >= 11 is 0. The smallest absolute Gasteiger partial charge is 0.326 e. The second kappa shape index (κ2) is 5.49. The number of likely N-dealkylation sites (tertiary alicyclic amines) is 1. The van der Waals surface area contributed by atoms with E-state index in [1.54, 1.807) is 4.90 Å². The number of carbonyl (C=O) groups excluding carboxylic acids is 1. The van der Waals surface area contributed by atoms with Crippen LogP contribution >= 0.6 is 0 Å². The molecule has 1 amide bonds. The predicted molar refractivity (Wildman–Crippen MR) is 71.8 cm³/mol. The highest BCUT2D eigenvalue weighted by molar-refractivity contribution is 5.90. The summed E-state index contributed by atoms with van der Waals surface area (Å²) in [5.74, 6) is -0.846. The maximum absolute atomic E-state index is 12.8. The normalized spacial score (nSPS) is 35.4. The third-order valence-corrected chi connectivity index (χ3v) is 4.70. The van der Waals surface area contributed by atoms with Crippen molar-refractivity contribution in [2.45, 2.75) is 57.5 Å². The van der Waals surface area contributed by atoms with E-state index >= 15 is 0 Å². The van der Waals surface area contributed by atoms with E-state index in [0.717, 1.165) is 38.6 Å². The van der Waals surface area contributed by atoms with Gasteiger partial charge in [0.25, 0.3) is 0 Å². The molecule has 0 aliphatic carbocycles. The van der Waals surface area contributed by atoms with Gasteiger partial charge >= 0.3 is 5.97 Å². The number of rotatable bonds is 3. The number of nitrogens with zero attached hydrogens (tertiary/aromatic N) is 1. The number of hydrogen-bond acceptors (Lipinski definition) is 3. The molecule has 3 unspecified atom stereocenters. The first kappa shape index (κ1) is 14.3. The van der Waals surface area contributed by atoms with Crippen LogP contribution in [0.4, 0.5) is 0 Å². The van der Waals surface area contributed by atoms with Gasteiger partial charge in [-0.2, -0.15) is 0 Å². The van der Waals surface area contributed by atoms with Gasteiger partial charge in [0.15, 0.2) is 0 Å². The highest BCUT2D eigenvalue weighted by Crippen LogP contribution is 2.31. The minimum Gasteiger partial charge on any atom is -0.480 e. The molecule has 0 saturated carbocycles. The zero-order chi connectivity index (χ0) is 14.0. The van der Waals surface area contributed by atoms with Crippen LogP contribution in [-0.4, -0.2) is 46.6 Å². The van der Waals surface area contributed by atoms with Crippen LogP contribution in [0.5, 0.6) is 0 Å². The Bertz CT molecular complexity index is 364. The van der Waals surface area contributed by atoms with Gasteiger partial charge in [0.1, 0.15) is 6.04 Å². The van der Waals surface area contributed by atoms with Crippen molar-refractivity contribution in [1.82, 2.24) is 10.2 Å². The van der Waals surface area contributed by atoms with Crippen LogP contribution in [0.3, 0.4) is 0 Å². The van der Waals surface area contributed by atoms with Crippen molar-refractivity contribution in [2.24, 2.45) is 5.92 Å². The molecule has 2 N–H and O–H groups in total. The predicted octanol–water partition coefficient (Wildman–Crippen LogP) is 1.23. The van der Waals surface area contributed by atoms with E-state index in [2.05, 4.69) is 5.32 Å². The van der Waals surface area contributed by atoms with Crippen LogP contribution in [0, 0.1) is 5.92 Å². The summed E-state index contributed by atoms with van der Waals surface area (Å²) in [5, 5.41) is 12.7. The van der Waals surface area contributed by atoms with Crippen molar-refractivity contribution in [3.63, 3.8) is 0 Å². The van der Waals surface area contributed by atoms with Gasteiger partial charge in [-0.05, 0) is 44.6 Å². The Morgan fingerprint density at radius 2 is 2.16 bits per heavy atom. The lowest BCUT2D eigenvalue weighted by molar-refractivity contribution is -0.157. The molecule has 2 saturated heterocycles. The van der Waals surface area contributed by atoms with E-state index in [9.17, 15) is 14.7 Å². The molecule has 2 rings (SSSR count). The van der Waals surface area contributed by atoms with Crippen molar-refractivity contribution in [1.29, 1.82) is 0 Å². The Hall–Kier alpha value is -1.10. The molecule has 2 heterocycles. The fraction of sp³-hybridized carbons (Fsp3) is 0.857. The van der Waals surface area contributed by atoms with Crippen LogP contribution < -0.4 is 5.32 Å². The zero-order valence-corrected chi connectivity index (χ0v) is 11.8. The number of aliphatic carboxylic acids is 1. The van der Waals surface area contributed by atoms with Crippen molar-refractivity contribution in [3.05, 3.63) is 0 Å². The third-order valence-electron chi connectivity index (χ3n) is 4.70. The Kier molecular flexibility index (Phi) is 4.13. The van der Waals surface area contributed by atoms with Crippen LogP contribution in [0.15, 0.2) is 0 Å². The third kappa shape index (κ3) is 2.48. The lowest BCUT2D eigenvalue weighted by Gasteiger charge is -2.42. The molecule has 0 spiro atoms. The fourth-order valence-corrected chi connectivity index (χ4v) is 3.51. The topological polar surface area (TPSA) is 69.6 Å². The van der Waals surface area contributed by atoms with E-state index in [1.165, 1.54) is 0 Å². The molecule has 5 heteroatoms. The molecule has 0 bridgehead atoms. The number of hydrogen-bond donors (Lipinski definition) is 2. The van der Waals surface area contributed by atoms with Gasteiger partial charge in [-0.15, -0.1) is 0 Å².